The summed E-state index contributed by atoms with van der Waals surface area (Å²) in [7, 11) is 0. The topological polar surface area (TPSA) is 34.1 Å². The van der Waals surface area contributed by atoms with Crippen LogP contribution in [-0.2, 0) is 6.54 Å². The summed E-state index contributed by atoms with van der Waals surface area (Å²) in [5.74, 6) is 2.34. The number of nitrogens with zero attached hydrogens (tertiary/aromatic N) is 1. The van der Waals surface area contributed by atoms with Crippen molar-refractivity contribution in [2.75, 3.05) is 6.54 Å². The van der Waals surface area contributed by atoms with Crippen LogP contribution in [-0.4, -0.2) is 11.5 Å². The van der Waals surface area contributed by atoms with Gasteiger partial charge < -0.3 is 10.1 Å². The number of hydrogen-bond donors (Lipinski definition) is 1. The average molecular weight is 284 g/mol. The van der Waals surface area contributed by atoms with Gasteiger partial charge in [-0.25, -0.2) is 0 Å². The molecular formula is C18H24N2O. The van der Waals surface area contributed by atoms with Gasteiger partial charge in [0.1, 0.15) is 11.5 Å². The number of hydrogen-bond acceptors (Lipinski definition) is 3. The van der Waals surface area contributed by atoms with Crippen LogP contribution in [0.4, 0.5) is 0 Å². The molecule has 2 rings (SSSR count). The molecule has 2 aromatic rings. The van der Waals surface area contributed by atoms with E-state index in [1.165, 1.54) is 5.56 Å². The molecule has 3 nitrogen and oxygen atoms in total. The van der Waals surface area contributed by atoms with Gasteiger partial charge >= 0.3 is 0 Å². The summed E-state index contributed by atoms with van der Waals surface area (Å²) in [6.45, 7) is 10.3. The third kappa shape index (κ3) is 4.57. The third-order valence-electron chi connectivity index (χ3n) is 3.29. The van der Waals surface area contributed by atoms with E-state index in [9.17, 15) is 0 Å². The summed E-state index contributed by atoms with van der Waals surface area (Å²) in [5.41, 5.74) is 3.51. The maximum atomic E-state index is 6.05. The number of nitrogens with one attached hydrogen (secondary N) is 1. The van der Waals surface area contributed by atoms with Crippen LogP contribution < -0.4 is 10.1 Å². The fraction of sp³-hybridized carbons (Fsp3) is 0.389. The SMILES string of the molecule is Cc1ccc(Oc2cnccc2CNCC(C)C)c(C)c1. The second kappa shape index (κ2) is 7.23. The first-order valence-corrected chi connectivity index (χ1v) is 7.45. The van der Waals surface area contributed by atoms with Crippen molar-refractivity contribution in [3.63, 3.8) is 0 Å². The van der Waals surface area contributed by atoms with Crippen molar-refractivity contribution in [2.24, 2.45) is 5.92 Å². The largest absolute Gasteiger partial charge is 0.455 e. The molecule has 0 fully saturated rings. The molecule has 0 bridgehead atoms. The Morgan fingerprint density at radius 3 is 2.67 bits per heavy atom. The Morgan fingerprint density at radius 1 is 1.14 bits per heavy atom. The molecule has 3 heteroatoms. The number of ether oxygens (including phenoxy) is 1. The minimum Gasteiger partial charge on any atom is -0.455 e. The smallest absolute Gasteiger partial charge is 0.150 e. The molecule has 0 saturated carbocycles. The Kier molecular flexibility index (Phi) is 5.34. The van der Waals surface area contributed by atoms with E-state index in [1.54, 1.807) is 12.4 Å². The van der Waals surface area contributed by atoms with Gasteiger partial charge in [-0.3, -0.25) is 4.98 Å². The highest BCUT2D eigenvalue weighted by molar-refractivity contribution is 5.41. The van der Waals surface area contributed by atoms with Crippen LogP contribution in [0.15, 0.2) is 36.7 Å². The van der Waals surface area contributed by atoms with Gasteiger partial charge in [0.15, 0.2) is 0 Å². The van der Waals surface area contributed by atoms with Gasteiger partial charge in [0.25, 0.3) is 0 Å². The van der Waals surface area contributed by atoms with E-state index in [0.717, 1.165) is 35.7 Å². The minimum absolute atomic E-state index is 0.635. The lowest BCUT2D eigenvalue weighted by molar-refractivity contribution is 0.463. The molecule has 0 spiro atoms. The van der Waals surface area contributed by atoms with Gasteiger partial charge in [0, 0.05) is 18.3 Å². The molecule has 1 N–H and O–H groups in total. The fourth-order valence-corrected chi connectivity index (χ4v) is 2.17. The van der Waals surface area contributed by atoms with E-state index in [0.29, 0.717) is 5.92 Å². The molecule has 21 heavy (non-hydrogen) atoms. The van der Waals surface area contributed by atoms with E-state index in [4.69, 9.17) is 4.74 Å². The van der Waals surface area contributed by atoms with Crippen LogP contribution in [0.5, 0.6) is 11.5 Å². The van der Waals surface area contributed by atoms with Crippen LogP contribution in [0.25, 0.3) is 0 Å². The lowest BCUT2D eigenvalue weighted by atomic mass is 10.1. The molecular weight excluding hydrogens is 260 g/mol. The van der Waals surface area contributed by atoms with Gasteiger partial charge in [-0.05, 0) is 44.0 Å². The Hall–Kier alpha value is -1.87. The molecule has 0 saturated heterocycles. The highest BCUT2D eigenvalue weighted by Gasteiger charge is 2.07. The normalized spacial score (nSPS) is 10.9. The standard InChI is InChI=1S/C18H24N2O/c1-13(2)10-20-11-16-7-8-19-12-18(16)21-17-6-5-14(3)9-15(17)4/h5-9,12-13,20H,10-11H2,1-4H3. The van der Waals surface area contributed by atoms with Gasteiger partial charge in [0.2, 0.25) is 0 Å². The lowest BCUT2D eigenvalue weighted by Gasteiger charge is -2.14. The molecule has 112 valence electrons. The monoisotopic (exact) mass is 284 g/mol. The number of rotatable bonds is 6. The van der Waals surface area contributed by atoms with Gasteiger partial charge in [-0.1, -0.05) is 31.5 Å². The van der Waals surface area contributed by atoms with Crippen molar-refractivity contribution in [3.05, 3.63) is 53.3 Å². The zero-order chi connectivity index (χ0) is 15.2. The van der Waals surface area contributed by atoms with Crippen LogP contribution in [0, 0.1) is 19.8 Å². The molecule has 0 aliphatic heterocycles. The second-order valence-electron chi connectivity index (χ2n) is 5.88. The number of benzene rings is 1. The average Bonchev–Trinajstić information content (AvgIpc) is 2.43. The van der Waals surface area contributed by atoms with Crippen LogP contribution >= 0.6 is 0 Å². The maximum Gasteiger partial charge on any atom is 0.150 e. The molecule has 0 unspecified atom stereocenters. The van der Waals surface area contributed by atoms with Gasteiger partial charge in [-0.15, -0.1) is 0 Å². The predicted molar refractivity (Wildman–Crippen MR) is 86.8 cm³/mol. The van der Waals surface area contributed by atoms with Crippen LogP contribution in [0.1, 0.15) is 30.5 Å². The lowest BCUT2D eigenvalue weighted by Crippen LogP contribution is -2.19. The van der Waals surface area contributed by atoms with Gasteiger partial charge in [-0.2, -0.15) is 0 Å². The summed E-state index contributed by atoms with van der Waals surface area (Å²) in [6.07, 6.45) is 3.59. The Labute approximate surface area is 127 Å². The third-order valence-corrected chi connectivity index (χ3v) is 3.29. The highest BCUT2D eigenvalue weighted by Crippen LogP contribution is 2.27. The zero-order valence-corrected chi connectivity index (χ0v) is 13.3. The number of aryl methyl sites for hydroxylation is 2. The zero-order valence-electron chi connectivity index (χ0n) is 13.3. The molecule has 0 aliphatic carbocycles. The first kappa shape index (κ1) is 15.5. The van der Waals surface area contributed by atoms with Crippen molar-refractivity contribution in [2.45, 2.75) is 34.2 Å². The van der Waals surface area contributed by atoms with E-state index in [1.807, 2.05) is 12.1 Å². The maximum absolute atomic E-state index is 6.05. The molecule has 0 aliphatic rings. The predicted octanol–water partition coefficient (Wildman–Crippen LogP) is 4.24. The van der Waals surface area contributed by atoms with Crippen molar-refractivity contribution in [1.82, 2.24) is 10.3 Å². The summed E-state index contributed by atoms with van der Waals surface area (Å²) in [5, 5.41) is 3.44. The molecule has 1 aromatic carbocycles. The van der Waals surface area contributed by atoms with Crippen LogP contribution in [0.2, 0.25) is 0 Å². The van der Waals surface area contributed by atoms with Crippen molar-refractivity contribution < 1.29 is 4.74 Å². The Bertz CT molecular complexity index is 594. The molecule has 0 radical (unpaired) electrons. The summed E-state index contributed by atoms with van der Waals surface area (Å²) in [6, 6.07) is 8.22. The number of pyridine rings is 1. The summed E-state index contributed by atoms with van der Waals surface area (Å²) < 4.78 is 6.05. The van der Waals surface area contributed by atoms with Crippen molar-refractivity contribution in [3.8, 4) is 11.5 Å². The van der Waals surface area contributed by atoms with Gasteiger partial charge in [0.05, 0.1) is 6.20 Å². The quantitative estimate of drug-likeness (QED) is 0.861. The first-order valence-electron chi connectivity index (χ1n) is 7.45. The molecule has 1 heterocycles. The van der Waals surface area contributed by atoms with Crippen molar-refractivity contribution >= 4 is 0 Å². The van der Waals surface area contributed by atoms with E-state index in [-0.39, 0.29) is 0 Å². The molecule has 0 atom stereocenters. The fourth-order valence-electron chi connectivity index (χ4n) is 2.17. The van der Waals surface area contributed by atoms with Crippen molar-refractivity contribution in [1.29, 1.82) is 0 Å². The van der Waals surface area contributed by atoms with Crippen LogP contribution in [0.3, 0.4) is 0 Å². The minimum atomic E-state index is 0.635. The Balaban J connectivity index is 2.12. The molecule has 0 amide bonds. The highest BCUT2D eigenvalue weighted by atomic mass is 16.5. The van der Waals surface area contributed by atoms with E-state index in [2.05, 4.69) is 50.1 Å². The second-order valence-corrected chi connectivity index (χ2v) is 5.88. The summed E-state index contributed by atoms with van der Waals surface area (Å²) >= 11 is 0. The number of aromatic nitrogens is 1. The molecule has 1 aromatic heterocycles. The van der Waals surface area contributed by atoms with E-state index < -0.39 is 0 Å². The first-order chi connectivity index (χ1) is 10.1. The summed E-state index contributed by atoms with van der Waals surface area (Å²) in [4.78, 5) is 4.18. The Morgan fingerprint density at radius 2 is 1.95 bits per heavy atom. The van der Waals surface area contributed by atoms with E-state index >= 15 is 0 Å².